The number of fused-ring (bicyclic) bond motifs is 3. The summed E-state index contributed by atoms with van der Waals surface area (Å²) in [6, 6.07) is 7.08. The Hall–Kier alpha value is -3.00. The van der Waals surface area contributed by atoms with E-state index in [-0.39, 0.29) is 45.8 Å². The van der Waals surface area contributed by atoms with Gasteiger partial charge in [-0.05, 0) is 49.8 Å². The molecule has 3 atom stereocenters. The van der Waals surface area contributed by atoms with E-state index < -0.39 is 56.6 Å². The predicted octanol–water partition coefficient (Wildman–Crippen LogP) is 5.42. The van der Waals surface area contributed by atoms with Gasteiger partial charge >= 0.3 is 6.18 Å². The summed E-state index contributed by atoms with van der Waals surface area (Å²) in [6.45, 7) is 3.66. The Morgan fingerprint density at radius 3 is 2.35 bits per heavy atom. The first kappa shape index (κ1) is 30.0. The summed E-state index contributed by atoms with van der Waals surface area (Å²) in [7, 11) is -3.13. The van der Waals surface area contributed by atoms with E-state index in [0.717, 1.165) is 11.4 Å². The topological polar surface area (TPSA) is 96.7 Å². The summed E-state index contributed by atoms with van der Waals surface area (Å²) in [6.07, 6.45) is -2.69. The second-order valence-electron chi connectivity index (χ2n) is 12.6. The lowest BCUT2D eigenvalue weighted by atomic mass is 9.84. The van der Waals surface area contributed by atoms with E-state index in [2.05, 4.69) is 15.4 Å². The number of rotatable bonds is 5. The lowest BCUT2D eigenvalue weighted by Gasteiger charge is -2.33. The Bertz CT molecular complexity index is 1730. The van der Waals surface area contributed by atoms with Crippen LogP contribution in [0.4, 0.5) is 33.3 Å². The van der Waals surface area contributed by atoms with Crippen LogP contribution in [-0.2, 0) is 20.0 Å². The third-order valence-electron chi connectivity index (χ3n) is 9.62. The second-order valence-corrected chi connectivity index (χ2v) is 15.3. The van der Waals surface area contributed by atoms with E-state index >= 15 is 8.78 Å². The first-order valence-electron chi connectivity index (χ1n) is 13.7. The monoisotopic (exact) mass is 645 g/mol. The fraction of sp³-hybridized carbons (Fsp3) is 0.536. The molecule has 2 fully saturated rings. The highest BCUT2D eigenvalue weighted by Gasteiger charge is 2.82. The molecule has 0 unspecified atom stereocenters. The maximum Gasteiger partial charge on any atom is 0.401 e. The van der Waals surface area contributed by atoms with Crippen molar-refractivity contribution < 1.29 is 35.2 Å². The fourth-order valence-electron chi connectivity index (χ4n) is 6.43. The summed E-state index contributed by atoms with van der Waals surface area (Å²) in [5.74, 6) is -5.65. The van der Waals surface area contributed by atoms with E-state index in [1.807, 2.05) is 6.92 Å². The van der Waals surface area contributed by atoms with Crippen LogP contribution in [-0.4, -0.2) is 65.6 Å². The number of nitrogens with zero attached hydrogens (tertiary/aromatic N) is 4. The van der Waals surface area contributed by atoms with E-state index in [1.54, 1.807) is 0 Å². The fourth-order valence-corrected chi connectivity index (χ4v) is 8.41. The minimum atomic E-state index is -4.66. The van der Waals surface area contributed by atoms with Crippen LogP contribution in [0.5, 0.6) is 0 Å². The van der Waals surface area contributed by atoms with Gasteiger partial charge in [-0.25, -0.2) is 26.7 Å². The van der Waals surface area contributed by atoms with E-state index in [9.17, 15) is 26.4 Å². The van der Waals surface area contributed by atoms with E-state index in [1.165, 1.54) is 48.4 Å². The highest BCUT2D eigenvalue weighted by molar-refractivity contribution is 7.91. The Morgan fingerprint density at radius 1 is 1.12 bits per heavy atom. The van der Waals surface area contributed by atoms with Crippen LogP contribution in [0, 0.1) is 10.8 Å². The SMILES string of the molecule is CC1(CNC(=O)[C@]2(C)[C@@H](c3ccc(N4C[C@@](C)(C(F)(F)F)c5c4cnc4cc(Cl)nn54)cc3)C2(F)F)CCS(=O)(=O)CC1. The zero-order chi connectivity index (χ0) is 31.4. The molecule has 43 heavy (non-hydrogen) atoms. The first-order valence-corrected chi connectivity index (χ1v) is 15.9. The smallest absolute Gasteiger partial charge is 0.355 e. The molecule has 232 valence electrons. The van der Waals surface area contributed by atoms with Crippen molar-refractivity contribution in [1.82, 2.24) is 19.9 Å². The zero-order valence-electron chi connectivity index (χ0n) is 23.5. The number of carbonyl (C=O) groups is 1. The van der Waals surface area contributed by atoms with Crippen LogP contribution in [0.3, 0.4) is 0 Å². The molecule has 1 N–H and O–H groups in total. The molecule has 4 heterocycles. The normalized spacial score (nSPS) is 29.0. The molecule has 2 aliphatic heterocycles. The number of sulfone groups is 1. The van der Waals surface area contributed by atoms with E-state index in [4.69, 9.17) is 11.6 Å². The molecule has 1 amide bonds. The third-order valence-corrected chi connectivity index (χ3v) is 11.5. The highest BCUT2D eigenvalue weighted by Crippen LogP contribution is 2.71. The Labute approximate surface area is 249 Å². The van der Waals surface area contributed by atoms with Gasteiger partial charge in [0.1, 0.15) is 20.7 Å². The Balaban J connectivity index is 1.24. The quantitative estimate of drug-likeness (QED) is 0.372. The number of hydrogen-bond donors (Lipinski definition) is 1. The molecular weight excluding hydrogens is 617 g/mol. The summed E-state index contributed by atoms with van der Waals surface area (Å²) in [5.41, 5.74) is -4.20. The standard InChI is InChI=1S/C28H29ClF5N5O3S/c1-24(8-10-43(41,42)11-9-24)14-36-23(40)26(3)21(27(26,30)31)16-4-6-17(7-5-16)38-15-25(2,28(32,33)34)22-18(38)13-35-20-12-19(29)37-39(20)22/h4-7,12-13,21H,8-11,14-15H2,1-3H3,(H,36,40)/t21-,25-,26+/m1/s1. The van der Waals surface area contributed by atoms with Crippen LogP contribution in [0.25, 0.3) is 5.65 Å². The lowest BCUT2D eigenvalue weighted by Crippen LogP contribution is -2.44. The number of amides is 1. The number of carbonyl (C=O) groups excluding carboxylic acids is 1. The van der Waals surface area contributed by atoms with Gasteiger partial charge < -0.3 is 10.2 Å². The van der Waals surface area contributed by atoms with Gasteiger partial charge in [0.2, 0.25) is 5.91 Å². The summed E-state index contributed by atoms with van der Waals surface area (Å²) >= 11 is 5.96. The average molecular weight is 646 g/mol. The molecule has 0 spiro atoms. The predicted molar refractivity (Wildman–Crippen MR) is 150 cm³/mol. The molecule has 0 bridgehead atoms. The van der Waals surface area contributed by atoms with Gasteiger partial charge in [-0.3, -0.25) is 4.79 Å². The van der Waals surface area contributed by atoms with Crippen molar-refractivity contribution in [2.45, 2.75) is 57.0 Å². The van der Waals surface area contributed by atoms with Crippen LogP contribution in [0.15, 0.2) is 36.5 Å². The maximum atomic E-state index is 15.2. The van der Waals surface area contributed by atoms with Crippen molar-refractivity contribution in [3.05, 3.63) is 52.9 Å². The van der Waals surface area contributed by atoms with Gasteiger partial charge in [0, 0.05) is 24.8 Å². The summed E-state index contributed by atoms with van der Waals surface area (Å²) in [5, 5.41) is 6.64. The van der Waals surface area contributed by atoms with Crippen molar-refractivity contribution >= 4 is 44.4 Å². The van der Waals surface area contributed by atoms with Gasteiger partial charge in [0.15, 0.2) is 10.8 Å². The minimum Gasteiger partial charge on any atom is -0.355 e. The maximum absolute atomic E-state index is 15.2. The van der Waals surface area contributed by atoms with Crippen molar-refractivity contribution in [3.63, 3.8) is 0 Å². The number of alkyl halides is 5. The molecule has 1 saturated carbocycles. The summed E-state index contributed by atoms with van der Waals surface area (Å²) in [4.78, 5) is 18.7. The van der Waals surface area contributed by atoms with Crippen molar-refractivity contribution in [1.29, 1.82) is 0 Å². The van der Waals surface area contributed by atoms with Gasteiger partial charge in [0.25, 0.3) is 5.92 Å². The van der Waals surface area contributed by atoms with Crippen molar-refractivity contribution in [3.8, 4) is 0 Å². The highest BCUT2D eigenvalue weighted by atomic mass is 35.5. The number of hydrogen-bond acceptors (Lipinski definition) is 6. The van der Waals surface area contributed by atoms with Crippen LogP contribution >= 0.6 is 11.6 Å². The van der Waals surface area contributed by atoms with Crippen LogP contribution < -0.4 is 10.2 Å². The molecule has 1 aliphatic carbocycles. The molecule has 0 radical (unpaired) electrons. The summed E-state index contributed by atoms with van der Waals surface area (Å²) < 4.78 is 98.4. The van der Waals surface area contributed by atoms with Crippen LogP contribution in [0.1, 0.15) is 50.8 Å². The van der Waals surface area contributed by atoms with Crippen molar-refractivity contribution in [2.24, 2.45) is 10.8 Å². The molecule has 1 aromatic carbocycles. The van der Waals surface area contributed by atoms with Gasteiger partial charge in [-0.2, -0.15) is 18.3 Å². The number of nitrogens with one attached hydrogen (secondary N) is 1. The molecular formula is C28H29ClF5N5O3S. The zero-order valence-corrected chi connectivity index (χ0v) is 25.0. The molecule has 8 nitrogen and oxygen atoms in total. The molecule has 3 aromatic rings. The molecule has 3 aliphatic rings. The first-order chi connectivity index (χ1) is 19.8. The van der Waals surface area contributed by atoms with Crippen LogP contribution in [0.2, 0.25) is 5.15 Å². The largest absolute Gasteiger partial charge is 0.401 e. The van der Waals surface area contributed by atoms with Gasteiger partial charge in [0.05, 0.1) is 35.0 Å². The average Bonchev–Trinajstić information content (AvgIpc) is 3.19. The number of benzene rings is 1. The minimum absolute atomic E-state index is 0.00790. The number of halogens is 6. The molecule has 15 heteroatoms. The Morgan fingerprint density at radius 2 is 1.74 bits per heavy atom. The number of aromatic nitrogens is 3. The lowest BCUT2D eigenvalue weighted by molar-refractivity contribution is -0.181. The number of anilines is 2. The van der Waals surface area contributed by atoms with Gasteiger partial charge in [-0.1, -0.05) is 30.7 Å². The van der Waals surface area contributed by atoms with Crippen molar-refractivity contribution in [2.75, 3.05) is 29.5 Å². The van der Waals surface area contributed by atoms with Gasteiger partial charge in [-0.15, -0.1) is 0 Å². The second kappa shape index (κ2) is 9.26. The molecule has 2 aromatic heterocycles. The molecule has 1 saturated heterocycles. The van der Waals surface area contributed by atoms with E-state index in [0.29, 0.717) is 18.5 Å². The Kier molecular flexibility index (Phi) is 6.47. The molecule has 6 rings (SSSR count). The third kappa shape index (κ3) is 4.49.